The zero-order valence-corrected chi connectivity index (χ0v) is 21.0. The van der Waals surface area contributed by atoms with Crippen LogP contribution in [0.4, 0.5) is 4.79 Å². The second-order valence-electron chi connectivity index (χ2n) is 10.5. The summed E-state index contributed by atoms with van der Waals surface area (Å²) in [6.45, 7) is 8.35. The molecule has 0 saturated carbocycles. The van der Waals surface area contributed by atoms with Crippen LogP contribution in [0, 0.1) is 17.3 Å². The molecule has 188 valence electrons. The second-order valence-corrected chi connectivity index (χ2v) is 10.5. The molecule has 0 radical (unpaired) electrons. The number of hydrogen-bond donors (Lipinski definition) is 3. The highest BCUT2D eigenvalue weighted by molar-refractivity contribution is 5.80. The molecule has 2 aromatic rings. The van der Waals surface area contributed by atoms with Crippen LogP contribution < -0.4 is 10.6 Å². The number of hydrogen-bond acceptors (Lipinski definition) is 4. The summed E-state index contributed by atoms with van der Waals surface area (Å²) in [6.07, 6.45) is 0.359. The predicted octanol–water partition coefficient (Wildman–Crippen LogP) is 4.80. The number of amides is 2. The van der Waals surface area contributed by atoms with Gasteiger partial charge in [0.05, 0.1) is 11.8 Å². The minimum absolute atomic E-state index is 0.0296. The summed E-state index contributed by atoms with van der Waals surface area (Å²) in [5.74, 6) is -2.09. The van der Waals surface area contributed by atoms with E-state index in [2.05, 4.69) is 34.9 Å². The first kappa shape index (κ1) is 26.3. The second kappa shape index (κ2) is 11.4. The van der Waals surface area contributed by atoms with Crippen molar-refractivity contribution >= 4 is 18.0 Å². The molecule has 3 N–H and O–H groups in total. The molecule has 0 bridgehead atoms. The first-order chi connectivity index (χ1) is 16.6. The van der Waals surface area contributed by atoms with E-state index >= 15 is 0 Å². The van der Waals surface area contributed by atoms with Crippen molar-refractivity contribution < 1.29 is 24.2 Å². The van der Waals surface area contributed by atoms with Crippen LogP contribution in [-0.4, -0.2) is 42.8 Å². The minimum atomic E-state index is -0.887. The molecule has 2 atom stereocenters. The number of rotatable bonds is 10. The fourth-order valence-electron chi connectivity index (χ4n) is 4.53. The lowest BCUT2D eigenvalue weighted by atomic mass is 9.84. The van der Waals surface area contributed by atoms with Gasteiger partial charge in [0.2, 0.25) is 5.91 Å². The van der Waals surface area contributed by atoms with Crippen molar-refractivity contribution in [3.8, 4) is 11.1 Å². The maximum Gasteiger partial charge on any atom is 0.407 e. The van der Waals surface area contributed by atoms with Gasteiger partial charge in [0, 0.05) is 19.0 Å². The van der Waals surface area contributed by atoms with E-state index in [9.17, 15) is 14.4 Å². The fourth-order valence-corrected chi connectivity index (χ4v) is 4.53. The lowest BCUT2D eigenvalue weighted by molar-refractivity contribution is -0.141. The van der Waals surface area contributed by atoms with Crippen molar-refractivity contribution in [1.82, 2.24) is 10.6 Å². The Balaban J connectivity index is 1.56. The normalized spacial score (nSPS) is 14.4. The Hall–Kier alpha value is -3.35. The molecule has 0 fully saturated rings. The maximum absolute atomic E-state index is 12.8. The van der Waals surface area contributed by atoms with Gasteiger partial charge in [-0.3, -0.25) is 9.59 Å². The molecule has 7 heteroatoms. The minimum Gasteiger partial charge on any atom is -0.481 e. The quantitative estimate of drug-likeness (QED) is 0.453. The zero-order chi connectivity index (χ0) is 25.6. The Labute approximate surface area is 207 Å². The van der Waals surface area contributed by atoms with E-state index in [0.29, 0.717) is 12.8 Å². The lowest BCUT2D eigenvalue weighted by Crippen LogP contribution is -2.41. The molecular weight excluding hydrogens is 444 g/mol. The van der Waals surface area contributed by atoms with Gasteiger partial charge in [-0.15, -0.1) is 0 Å². The number of carboxylic acids is 1. The van der Waals surface area contributed by atoms with E-state index in [1.807, 2.05) is 45.0 Å². The van der Waals surface area contributed by atoms with Gasteiger partial charge in [-0.05, 0) is 40.5 Å². The summed E-state index contributed by atoms with van der Waals surface area (Å²) in [5.41, 5.74) is 4.48. The molecule has 0 aromatic heterocycles. The van der Waals surface area contributed by atoms with Gasteiger partial charge in [0.1, 0.15) is 6.61 Å². The smallest absolute Gasteiger partial charge is 0.407 e. The maximum atomic E-state index is 12.8. The van der Waals surface area contributed by atoms with Gasteiger partial charge < -0.3 is 20.5 Å². The summed E-state index contributed by atoms with van der Waals surface area (Å²) in [6, 6.07) is 16.3. The molecule has 0 aliphatic heterocycles. The van der Waals surface area contributed by atoms with Crippen molar-refractivity contribution in [2.45, 2.75) is 46.5 Å². The standard InChI is InChI=1S/C28H36N2O5/c1-18(26(32)33)13-14-29-25(31)19(15-28(2,3)4)16-30-27(34)35-17-24-22-11-7-5-9-20(22)21-10-6-8-12-23(21)24/h5-12,18-19,24H,13-17H2,1-4H3,(H,29,31)(H,30,34)(H,32,33). The molecule has 2 amide bonds. The van der Waals surface area contributed by atoms with Gasteiger partial charge in [-0.1, -0.05) is 76.2 Å². The third-order valence-electron chi connectivity index (χ3n) is 6.36. The number of nitrogens with one attached hydrogen (secondary N) is 2. The first-order valence-electron chi connectivity index (χ1n) is 12.2. The van der Waals surface area contributed by atoms with Crippen LogP contribution >= 0.6 is 0 Å². The first-order valence-corrected chi connectivity index (χ1v) is 12.2. The number of benzene rings is 2. The number of ether oxygens (including phenoxy) is 1. The Bertz CT molecular complexity index is 1010. The molecule has 35 heavy (non-hydrogen) atoms. The average Bonchev–Trinajstić information content (AvgIpc) is 3.13. The van der Waals surface area contributed by atoms with E-state index in [4.69, 9.17) is 9.84 Å². The number of alkyl carbamates (subject to hydrolysis) is 1. The van der Waals surface area contributed by atoms with Crippen LogP contribution in [0.1, 0.15) is 57.6 Å². The highest BCUT2D eigenvalue weighted by Crippen LogP contribution is 2.44. The predicted molar refractivity (Wildman–Crippen MR) is 135 cm³/mol. The van der Waals surface area contributed by atoms with E-state index in [0.717, 1.165) is 22.3 Å². The largest absolute Gasteiger partial charge is 0.481 e. The number of carboxylic acid groups (broad SMARTS) is 1. The molecule has 0 heterocycles. The molecule has 1 aliphatic rings. The number of carbonyl (C=O) groups is 3. The average molecular weight is 481 g/mol. The monoisotopic (exact) mass is 480 g/mol. The third-order valence-corrected chi connectivity index (χ3v) is 6.36. The van der Waals surface area contributed by atoms with E-state index in [1.54, 1.807) is 6.92 Å². The highest BCUT2D eigenvalue weighted by Gasteiger charge is 2.30. The van der Waals surface area contributed by atoms with Crippen LogP contribution in [-0.2, 0) is 14.3 Å². The highest BCUT2D eigenvalue weighted by atomic mass is 16.5. The van der Waals surface area contributed by atoms with E-state index in [-0.39, 0.29) is 36.9 Å². The van der Waals surface area contributed by atoms with Gasteiger partial charge in [-0.25, -0.2) is 4.79 Å². The van der Waals surface area contributed by atoms with Gasteiger partial charge >= 0.3 is 12.1 Å². The van der Waals surface area contributed by atoms with Crippen molar-refractivity contribution in [2.24, 2.45) is 17.3 Å². The Morgan fingerprint density at radius 1 is 0.971 bits per heavy atom. The molecule has 0 spiro atoms. The molecule has 3 rings (SSSR count). The molecule has 0 saturated heterocycles. The molecular formula is C28H36N2O5. The van der Waals surface area contributed by atoms with Gasteiger partial charge in [0.15, 0.2) is 0 Å². The van der Waals surface area contributed by atoms with Crippen LogP contribution in [0.25, 0.3) is 11.1 Å². The van der Waals surface area contributed by atoms with Crippen LogP contribution in [0.3, 0.4) is 0 Å². The summed E-state index contributed by atoms with van der Waals surface area (Å²) < 4.78 is 5.59. The number of aliphatic carboxylic acids is 1. The molecule has 2 aromatic carbocycles. The number of carbonyl (C=O) groups excluding carboxylic acids is 2. The van der Waals surface area contributed by atoms with Crippen LogP contribution in [0.5, 0.6) is 0 Å². The van der Waals surface area contributed by atoms with Crippen LogP contribution in [0.2, 0.25) is 0 Å². The lowest BCUT2D eigenvalue weighted by Gasteiger charge is -2.25. The van der Waals surface area contributed by atoms with Gasteiger partial charge in [0.25, 0.3) is 0 Å². The van der Waals surface area contributed by atoms with Crippen molar-refractivity contribution in [2.75, 3.05) is 19.7 Å². The molecule has 2 unspecified atom stereocenters. The number of fused-ring (bicyclic) bond motifs is 3. The summed E-state index contributed by atoms with van der Waals surface area (Å²) in [7, 11) is 0. The summed E-state index contributed by atoms with van der Waals surface area (Å²) in [4.78, 5) is 36.3. The fraction of sp³-hybridized carbons (Fsp3) is 0.464. The van der Waals surface area contributed by atoms with Crippen molar-refractivity contribution in [1.29, 1.82) is 0 Å². The topological polar surface area (TPSA) is 105 Å². The van der Waals surface area contributed by atoms with E-state index in [1.165, 1.54) is 0 Å². The SMILES string of the molecule is CC(CCNC(=O)C(CNC(=O)OCC1c2ccccc2-c2ccccc21)CC(C)(C)C)C(=O)O. The molecule has 1 aliphatic carbocycles. The zero-order valence-electron chi connectivity index (χ0n) is 21.0. The van der Waals surface area contributed by atoms with E-state index < -0.39 is 23.9 Å². The van der Waals surface area contributed by atoms with Crippen molar-refractivity contribution in [3.63, 3.8) is 0 Å². The summed E-state index contributed by atoms with van der Waals surface area (Å²) in [5, 5.41) is 14.6. The Morgan fingerprint density at radius 3 is 2.09 bits per heavy atom. The Morgan fingerprint density at radius 2 is 1.54 bits per heavy atom. The van der Waals surface area contributed by atoms with Crippen LogP contribution in [0.15, 0.2) is 48.5 Å². The Kier molecular flexibility index (Phi) is 8.54. The van der Waals surface area contributed by atoms with Crippen molar-refractivity contribution in [3.05, 3.63) is 59.7 Å². The van der Waals surface area contributed by atoms with Gasteiger partial charge in [-0.2, -0.15) is 0 Å². The molecule has 7 nitrogen and oxygen atoms in total. The summed E-state index contributed by atoms with van der Waals surface area (Å²) >= 11 is 0. The third kappa shape index (κ3) is 7.07.